The highest BCUT2D eigenvalue weighted by Gasteiger charge is 2.29. The maximum atomic E-state index is 14.5. The van der Waals surface area contributed by atoms with Crippen molar-refractivity contribution in [3.63, 3.8) is 0 Å². The zero-order valence-corrected chi connectivity index (χ0v) is 53.7. The van der Waals surface area contributed by atoms with Gasteiger partial charge in [-0.3, -0.25) is 17.9 Å². The van der Waals surface area contributed by atoms with Crippen LogP contribution >= 0.6 is 0 Å². The van der Waals surface area contributed by atoms with Crippen molar-refractivity contribution in [1.29, 1.82) is 0 Å². The monoisotopic (exact) mass is 1270 g/mol. The van der Waals surface area contributed by atoms with E-state index in [1.807, 2.05) is 103 Å². The van der Waals surface area contributed by atoms with Crippen LogP contribution in [0.1, 0.15) is 112 Å². The number of aromatic nitrogens is 14. The molecular weight excluding hydrogens is 1200 g/mol. The summed E-state index contributed by atoms with van der Waals surface area (Å²) in [4.78, 5) is 41.7. The zero-order chi connectivity index (χ0) is 65.1. The maximum absolute atomic E-state index is 14.5. The van der Waals surface area contributed by atoms with Crippen LogP contribution in [0.25, 0.3) is 50.3 Å². The average molecular weight is 1270 g/mol. The average Bonchev–Trinajstić information content (AvgIpc) is 1.57. The van der Waals surface area contributed by atoms with Gasteiger partial charge in [0.2, 0.25) is 23.7 Å². The fourth-order valence-corrected chi connectivity index (χ4v) is 12.5. The number of anilines is 3. The molecule has 0 saturated heterocycles. The van der Waals surface area contributed by atoms with Crippen LogP contribution in [-0.4, -0.2) is 94.8 Å². The minimum atomic E-state index is -0.244. The predicted octanol–water partition coefficient (Wildman–Crippen LogP) is 12.9. The first-order chi connectivity index (χ1) is 45.5. The number of aryl methyl sites for hydroxylation is 6. The number of hydrogen-bond acceptors (Lipinski definition) is 17. The van der Waals surface area contributed by atoms with Crippen LogP contribution in [0, 0.1) is 59.0 Å². The van der Waals surface area contributed by atoms with Crippen molar-refractivity contribution in [2.45, 2.75) is 119 Å². The summed E-state index contributed by atoms with van der Waals surface area (Å²) in [5.74, 6) is 5.38. The topological polar surface area (TPSA) is 220 Å². The van der Waals surface area contributed by atoms with Gasteiger partial charge in [-0.05, 0) is 110 Å². The molecule has 3 aromatic carbocycles. The standard InChI is InChI=1S/C24H23FN6O.C23H25FN6O.C23H22FN5O2/c1-13-12-31-23(29-13)19(17-9-26-22(15-3-4-15)30-14(17)2)11-28-24(31)27-10-18-16-7-8-32-21(16)6-5-20(18)25;1-13(2)30-12-19(15(4)28-30)18-10-26-23(29-11-14(3)27-22(18)29)25-9-17-16-7-8-31-21(16)6-5-20(17)24;1-13-8-21(30-3)25-9-16(13)18-11-27-23(29-12-14(2)28-22(18)29)26-10-17-15-6-7-31-20(15)5-4-19(17)24/h5-6,9,11-12,15H,3-4,7-8,10H2,1-2H3,(H,27,28);5-6,10-13H,7-9H2,1-4H3,(H,25,26);4-5,8-9,11-12H,6-7,10H2,1-3H3,(H,26,27). The Labute approximate surface area is 539 Å². The summed E-state index contributed by atoms with van der Waals surface area (Å²) in [5, 5.41) is 14.5. The smallest absolute Gasteiger partial charge is 0.213 e. The number of ether oxygens (including phenoxy) is 4. The molecule has 0 atom stereocenters. The lowest BCUT2D eigenvalue weighted by Crippen LogP contribution is -2.10. The number of nitrogens with one attached hydrogen (secondary N) is 3. The van der Waals surface area contributed by atoms with Gasteiger partial charge in [0.05, 0.1) is 49.7 Å². The van der Waals surface area contributed by atoms with Crippen LogP contribution in [0.3, 0.4) is 0 Å². The largest absolute Gasteiger partial charge is 0.493 e. The number of methoxy groups -OCH3 is 1. The van der Waals surface area contributed by atoms with Crippen LogP contribution in [0.15, 0.2) is 98.2 Å². The molecule has 1 saturated carbocycles. The quantitative estimate of drug-likeness (QED) is 0.0868. The Bertz CT molecular complexity index is 4920. The lowest BCUT2D eigenvalue weighted by atomic mass is 10.0. The molecule has 12 heterocycles. The fraction of sp³-hybridized carbons (Fsp3) is 0.314. The predicted molar refractivity (Wildman–Crippen MR) is 351 cm³/mol. The fourth-order valence-electron chi connectivity index (χ4n) is 12.5. The van der Waals surface area contributed by atoms with Gasteiger partial charge in [0.1, 0.15) is 57.5 Å². The minimum absolute atomic E-state index is 0.233. The number of imidazole rings is 3. The molecule has 0 radical (unpaired) electrons. The molecule has 4 aliphatic rings. The molecule has 1 fully saturated rings. The van der Waals surface area contributed by atoms with Gasteiger partial charge in [0.25, 0.3) is 0 Å². The molecule has 3 aliphatic heterocycles. The van der Waals surface area contributed by atoms with Crippen molar-refractivity contribution < 1.29 is 32.1 Å². The Hall–Kier alpha value is -10.7. The summed E-state index contributed by atoms with van der Waals surface area (Å²) in [6.45, 7) is 18.7. The second-order valence-electron chi connectivity index (χ2n) is 24.3. The van der Waals surface area contributed by atoms with Gasteiger partial charge in [-0.15, -0.1) is 0 Å². The second-order valence-corrected chi connectivity index (χ2v) is 24.3. The van der Waals surface area contributed by atoms with E-state index in [2.05, 4.69) is 59.8 Å². The van der Waals surface area contributed by atoms with Crippen molar-refractivity contribution in [2.24, 2.45) is 0 Å². The van der Waals surface area contributed by atoms with Crippen LogP contribution < -0.4 is 34.9 Å². The lowest BCUT2D eigenvalue weighted by Gasteiger charge is -2.14. The third-order valence-corrected chi connectivity index (χ3v) is 17.5. The molecule has 24 heteroatoms. The highest BCUT2D eigenvalue weighted by atomic mass is 19.1. The second kappa shape index (κ2) is 25.1. The molecule has 21 nitrogen and oxygen atoms in total. The van der Waals surface area contributed by atoms with Crippen LogP contribution in [0.5, 0.6) is 23.1 Å². The number of rotatable bonds is 15. The molecule has 94 heavy (non-hydrogen) atoms. The molecule has 9 aromatic heterocycles. The van der Waals surface area contributed by atoms with Gasteiger partial charge in [-0.2, -0.15) is 5.10 Å². The third-order valence-electron chi connectivity index (χ3n) is 17.5. The first-order valence-electron chi connectivity index (χ1n) is 31.5. The maximum Gasteiger partial charge on any atom is 0.213 e. The van der Waals surface area contributed by atoms with Gasteiger partial charge >= 0.3 is 0 Å². The molecular formula is C70H70F3N17O4. The summed E-state index contributed by atoms with van der Waals surface area (Å²) in [6, 6.07) is 11.6. The number of nitrogens with zero attached hydrogens (tertiary/aromatic N) is 14. The Kier molecular flexibility index (Phi) is 16.3. The van der Waals surface area contributed by atoms with Crippen LogP contribution in [0.4, 0.5) is 31.0 Å². The number of hydrogen-bond donors (Lipinski definition) is 3. The number of fused-ring (bicyclic) bond motifs is 6. The Balaban J connectivity index is 0.000000122. The molecule has 0 bridgehead atoms. The normalized spacial score (nSPS) is 13.6. The number of halogens is 3. The van der Waals surface area contributed by atoms with Crippen molar-refractivity contribution in [1.82, 2.24) is 67.8 Å². The van der Waals surface area contributed by atoms with E-state index in [-0.39, 0.29) is 23.5 Å². The van der Waals surface area contributed by atoms with Crippen LogP contribution in [-0.2, 0) is 38.9 Å². The number of pyridine rings is 1. The zero-order valence-electron chi connectivity index (χ0n) is 53.7. The summed E-state index contributed by atoms with van der Waals surface area (Å²) >= 11 is 0. The van der Waals surface area contributed by atoms with Gasteiger partial charge in [-0.25, -0.2) is 58.0 Å². The SMILES string of the molecule is COc1cc(C)c(-c2cnc(NCc3c(F)ccc4c3CCO4)n3cc(C)nc23)cn1.Cc1cn2c(NCc3c(F)ccc4c3CCO4)ncc(-c3cn(C(C)C)nc3C)c2n1.Cc1cn2c(NCc3c(F)ccc4c3CCO4)ncc(-c3cnc(C4CC4)nc3C)c2n1. The van der Waals surface area contributed by atoms with E-state index in [0.29, 0.717) is 98.6 Å². The van der Waals surface area contributed by atoms with Crippen molar-refractivity contribution >= 4 is 34.8 Å². The first-order valence-corrected chi connectivity index (χ1v) is 31.5. The molecule has 0 spiro atoms. The number of benzene rings is 3. The van der Waals surface area contributed by atoms with Gasteiger partial charge < -0.3 is 34.9 Å². The minimum Gasteiger partial charge on any atom is -0.493 e. The molecule has 1 aliphatic carbocycles. The summed E-state index contributed by atoms with van der Waals surface area (Å²) in [6.07, 6.45) is 21.3. The van der Waals surface area contributed by atoms with E-state index in [1.165, 1.54) is 31.0 Å². The summed E-state index contributed by atoms with van der Waals surface area (Å²) < 4.78 is 73.2. The van der Waals surface area contributed by atoms with E-state index in [1.54, 1.807) is 43.9 Å². The highest BCUT2D eigenvalue weighted by molar-refractivity contribution is 5.82. The van der Waals surface area contributed by atoms with Gasteiger partial charge in [0, 0.05) is 185 Å². The van der Waals surface area contributed by atoms with E-state index in [9.17, 15) is 13.2 Å². The molecule has 12 aromatic rings. The van der Waals surface area contributed by atoms with E-state index >= 15 is 0 Å². The Morgan fingerprint density at radius 2 is 0.915 bits per heavy atom. The first kappa shape index (κ1) is 60.9. The third kappa shape index (κ3) is 11.8. The Morgan fingerprint density at radius 1 is 0.500 bits per heavy atom. The Morgan fingerprint density at radius 3 is 1.31 bits per heavy atom. The highest BCUT2D eigenvalue weighted by Crippen LogP contribution is 2.40. The van der Waals surface area contributed by atoms with E-state index in [0.717, 1.165) is 131 Å². The van der Waals surface area contributed by atoms with Crippen molar-refractivity contribution in [3.8, 4) is 56.5 Å². The van der Waals surface area contributed by atoms with Gasteiger partial charge in [0.15, 0.2) is 0 Å². The molecule has 480 valence electrons. The molecule has 3 N–H and O–H groups in total. The lowest BCUT2D eigenvalue weighted by molar-refractivity contribution is 0.356. The van der Waals surface area contributed by atoms with Crippen molar-refractivity contribution in [3.05, 3.63) is 189 Å². The van der Waals surface area contributed by atoms with Gasteiger partial charge in [-0.1, -0.05) is 0 Å². The van der Waals surface area contributed by atoms with Crippen molar-refractivity contribution in [2.75, 3.05) is 42.9 Å². The molecule has 0 amide bonds. The molecule has 0 unspecified atom stereocenters. The summed E-state index contributed by atoms with van der Waals surface area (Å²) in [5.41, 5.74) is 18.0. The van der Waals surface area contributed by atoms with Crippen LogP contribution in [0.2, 0.25) is 0 Å². The summed E-state index contributed by atoms with van der Waals surface area (Å²) in [7, 11) is 1.59. The van der Waals surface area contributed by atoms with E-state index in [4.69, 9.17) is 38.9 Å². The van der Waals surface area contributed by atoms with E-state index < -0.39 is 0 Å². The molecule has 16 rings (SSSR count).